The first kappa shape index (κ1) is 17.2. The Bertz CT molecular complexity index is 800. The van der Waals surface area contributed by atoms with Gasteiger partial charge in [-0.2, -0.15) is 0 Å². The van der Waals surface area contributed by atoms with Crippen molar-refractivity contribution in [1.29, 1.82) is 0 Å². The zero-order valence-corrected chi connectivity index (χ0v) is 14.2. The second-order valence-corrected chi connectivity index (χ2v) is 5.81. The molecule has 25 heavy (non-hydrogen) atoms. The summed E-state index contributed by atoms with van der Waals surface area (Å²) in [4.78, 5) is 32.7. The predicted molar refractivity (Wildman–Crippen MR) is 86.2 cm³/mol. The van der Waals surface area contributed by atoms with Gasteiger partial charge in [-0.3, -0.25) is 9.59 Å². The van der Waals surface area contributed by atoms with E-state index >= 15 is 0 Å². The topological polar surface area (TPSA) is 111 Å². The summed E-state index contributed by atoms with van der Waals surface area (Å²) in [5.41, 5.74) is 0.388. The van der Waals surface area contributed by atoms with Gasteiger partial charge in [0.15, 0.2) is 0 Å². The van der Waals surface area contributed by atoms with Crippen LogP contribution in [0.5, 0.6) is 5.88 Å². The second kappa shape index (κ2) is 7.47. The number of carbonyl (C=O) groups excluding carboxylic acids is 1. The summed E-state index contributed by atoms with van der Waals surface area (Å²) >= 11 is 0. The Morgan fingerprint density at radius 3 is 3.04 bits per heavy atom. The third-order valence-electron chi connectivity index (χ3n) is 3.94. The molecule has 0 radical (unpaired) electrons. The van der Waals surface area contributed by atoms with E-state index in [-0.39, 0.29) is 11.5 Å². The number of carbonyl (C=O) groups is 1. The Morgan fingerprint density at radius 2 is 2.32 bits per heavy atom. The standard InChI is InChI=1S/C16H20N4O5/c1-10-7-13(21)18-16(17-10)12-9-20(5-6-24-12)15(22)4-3-11-8-14(23-2)19-25-11/h7-8,12H,3-6,9H2,1-2H3,(H,17,18,21)/t12-/m0/s1. The molecular formula is C16H20N4O5. The van der Waals surface area contributed by atoms with Crippen LogP contribution in [0.3, 0.4) is 0 Å². The molecule has 2 aromatic rings. The normalized spacial score (nSPS) is 17.5. The monoisotopic (exact) mass is 348 g/mol. The molecule has 2 aromatic heterocycles. The fourth-order valence-electron chi connectivity index (χ4n) is 2.69. The molecule has 1 atom stereocenters. The van der Waals surface area contributed by atoms with E-state index in [2.05, 4.69) is 15.1 Å². The van der Waals surface area contributed by atoms with Gasteiger partial charge in [0, 0.05) is 37.2 Å². The average molecular weight is 348 g/mol. The molecule has 134 valence electrons. The highest BCUT2D eigenvalue weighted by molar-refractivity contribution is 5.76. The van der Waals surface area contributed by atoms with Crippen LogP contribution in [0.15, 0.2) is 21.5 Å². The number of aromatic amines is 1. The van der Waals surface area contributed by atoms with Crippen LogP contribution >= 0.6 is 0 Å². The Morgan fingerprint density at radius 1 is 1.48 bits per heavy atom. The molecular weight excluding hydrogens is 328 g/mol. The minimum absolute atomic E-state index is 0.0151. The van der Waals surface area contributed by atoms with Crippen molar-refractivity contribution in [2.24, 2.45) is 0 Å². The van der Waals surface area contributed by atoms with E-state index in [1.807, 2.05) is 0 Å². The van der Waals surface area contributed by atoms with Crippen molar-refractivity contribution >= 4 is 5.91 Å². The first-order valence-electron chi connectivity index (χ1n) is 8.02. The molecule has 0 aromatic carbocycles. The summed E-state index contributed by atoms with van der Waals surface area (Å²) in [6.45, 7) is 3.00. The van der Waals surface area contributed by atoms with E-state index in [9.17, 15) is 9.59 Å². The van der Waals surface area contributed by atoms with Crippen LogP contribution in [0, 0.1) is 6.92 Å². The number of methoxy groups -OCH3 is 1. The zero-order valence-electron chi connectivity index (χ0n) is 14.2. The van der Waals surface area contributed by atoms with Gasteiger partial charge in [-0.05, 0) is 12.1 Å². The molecule has 1 aliphatic heterocycles. The summed E-state index contributed by atoms with van der Waals surface area (Å²) in [5.74, 6) is 1.42. The lowest BCUT2D eigenvalue weighted by Crippen LogP contribution is -2.43. The summed E-state index contributed by atoms with van der Waals surface area (Å²) in [7, 11) is 1.50. The fraction of sp³-hybridized carbons (Fsp3) is 0.500. The van der Waals surface area contributed by atoms with Crippen molar-refractivity contribution in [3.63, 3.8) is 0 Å². The number of H-pyrrole nitrogens is 1. The lowest BCUT2D eigenvalue weighted by Gasteiger charge is -2.32. The largest absolute Gasteiger partial charge is 0.479 e. The average Bonchev–Trinajstić information content (AvgIpc) is 3.07. The first-order chi connectivity index (χ1) is 12.0. The van der Waals surface area contributed by atoms with Crippen LogP contribution in [0.4, 0.5) is 0 Å². The molecule has 9 nitrogen and oxygen atoms in total. The Kier molecular flexibility index (Phi) is 5.13. The highest BCUT2D eigenvalue weighted by Crippen LogP contribution is 2.20. The van der Waals surface area contributed by atoms with Gasteiger partial charge >= 0.3 is 0 Å². The second-order valence-electron chi connectivity index (χ2n) is 5.81. The number of nitrogens with zero attached hydrogens (tertiary/aromatic N) is 3. The zero-order chi connectivity index (χ0) is 17.8. The molecule has 0 spiro atoms. The van der Waals surface area contributed by atoms with Crippen LogP contribution in [0.2, 0.25) is 0 Å². The van der Waals surface area contributed by atoms with E-state index in [0.29, 0.717) is 55.7 Å². The third kappa shape index (κ3) is 4.24. The number of nitrogens with one attached hydrogen (secondary N) is 1. The number of aryl methyl sites for hydroxylation is 2. The number of amides is 1. The van der Waals surface area contributed by atoms with E-state index in [0.717, 1.165) is 0 Å². The number of morpholine rings is 1. The molecule has 1 aliphatic rings. The first-order valence-corrected chi connectivity index (χ1v) is 8.02. The molecule has 3 heterocycles. The molecule has 3 rings (SSSR count). The van der Waals surface area contributed by atoms with E-state index < -0.39 is 6.10 Å². The highest BCUT2D eigenvalue weighted by Gasteiger charge is 2.27. The predicted octanol–water partition coefficient (Wildman–Crippen LogP) is 0.608. The molecule has 1 N–H and O–H groups in total. The quantitative estimate of drug-likeness (QED) is 0.842. The minimum atomic E-state index is -0.435. The van der Waals surface area contributed by atoms with Crippen LogP contribution in [0.25, 0.3) is 0 Å². The fourth-order valence-corrected chi connectivity index (χ4v) is 2.69. The molecule has 0 saturated carbocycles. The molecule has 1 fully saturated rings. The van der Waals surface area contributed by atoms with Crippen molar-refractivity contribution in [2.75, 3.05) is 26.8 Å². The van der Waals surface area contributed by atoms with Crippen molar-refractivity contribution in [3.05, 3.63) is 39.8 Å². The maximum Gasteiger partial charge on any atom is 0.254 e. The number of hydrogen-bond acceptors (Lipinski definition) is 7. The van der Waals surface area contributed by atoms with Gasteiger partial charge in [-0.15, -0.1) is 0 Å². The van der Waals surface area contributed by atoms with Crippen molar-refractivity contribution in [2.45, 2.75) is 25.9 Å². The van der Waals surface area contributed by atoms with Gasteiger partial charge in [0.2, 0.25) is 5.91 Å². The van der Waals surface area contributed by atoms with Gasteiger partial charge in [0.1, 0.15) is 17.7 Å². The minimum Gasteiger partial charge on any atom is -0.479 e. The van der Waals surface area contributed by atoms with Crippen LogP contribution < -0.4 is 10.3 Å². The van der Waals surface area contributed by atoms with Crippen LogP contribution in [0.1, 0.15) is 29.8 Å². The molecule has 9 heteroatoms. The summed E-state index contributed by atoms with van der Waals surface area (Å²) in [6.07, 6.45) is 0.301. The number of hydrogen-bond donors (Lipinski definition) is 1. The van der Waals surface area contributed by atoms with Crippen LogP contribution in [-0.2, 0) is 16.0 Å². The maximum absolute atomic E-state index is 12.4. The van der Waals surface area contributed by atoms with Gasteiger partial charge in [-0.1, -0.05) is 0 Å². The van der Waals surface area contributed by atoms with Crippen molar-refractivity contribution in [1.82, 2.24) is 20.0 Å². The number of rotatable bonds is 5. The smallest absolute Gasteiger partial charge is 0.254 e. The Balaban J connectivity index is 1.60. The maximum atomic E-state index is 12.4. The van der Waals surface area contributed by atoms with E-state index in [1.54, 1.807) is 17.9 Å². The lowest BCUT2D eigenvalue weighted by atomic mass is 10.2. The van der Waals surface area contributed by atoms with E-state index in [1.165, 1.54) is 13.2 Å². The molecule has 1 amide bonds. The van der Waals surface area contributed by atoms with Gasteiger partial charge in [-0.25, -0.2) is 4.98 Å². The summed E-state index contributed by atoms with van der Waals surface area (Å²) in [5, 5.41) is 3.71. The van der Waals surface area contributed by atoms with Crippen molar-refractivity contribution in [3.8, 4) is 5.88 Å². The van der Waals surface area contributed by atoms with Crippen LogP contribution in [-0.4, -0.2) is 52.7 Å². The molecule has 0 bridgehead atoms. The van der Waals surface area contributed by atoms with Gasteiger partial charge in [0.05, 0.1) is 20.3 Å². The summed E-state index contributed by atoms with van der Waals surface area (Å²) in [6, 6.07) is 3.08. The molecule has 1 saturated heterocycles. The number of aromatic nitrogens is 3. The Hall–Kier alpha value is -2.68. The Labute approximate surface area is 143 Å². The highest BCUT2D eigenvalue weighted by atomic mass is 16.5. The van der Waals surface area contributed by atoms with E-state index in [4.69, 9.17) is 14.0 Å². The molecule has 0 aliphatic carbocycles. The number of ether oxygens (including phenoxy) is 2. The summed E-state index contributed by atoms with van der Waals surface area (Å²) < 4.78 is 15.7. The van der Waals surface area contributed by atoms with Gasteiger partial charge < -0.3 is 23.9 Å². The third-order valence-corrected chi connectivity index (χ3v) is 3.94. The van der Waals surface area contributed by atoms with Crippen molar-refractivity contribution < 1.29 is 18.8 Å². The SMILES string of the molecule is COc1cc(CCC(=O)N2CCO[C@H](c3nc(C)cc(=O)[nH]3)C2)on1. The molecule has 0 unspecified atom stereocenters. The lowest BCUT2D eigenvalue weighted by molar-refractivity contribution is -0.139. The van der Waals surface area contributed by atoms with Gasteiger partial charge in [0.25, 0.3) is 11.4 Å².